The summed E-state index contributed by atoms with van der Waals surface area (Å²) in [6.45, 7) is 6.22. The summed E-state index contributed by atoms with van der Waals surface area (Å²) in [7, 11) is 0. The standard InChI is InChI=1S/C11H24O3/c1-4-5-6-7-8-14-9-10(12)11(2,3)13/h10,12-13H,4-9H2,1-3H3. The highest BCUT2D eigenvalue weighted by Gasteiger charge is 2.24. The van der Waals surface area contributed by atoms with Crippen molar-refractivity contribution in [3.8, 4) is 0 Å². The van der Waals surface area contributed by atoms with E-state index in [1.54, 1.807) is 13.8 Å². The van der Waals surface area contributed by atoms with Crippen LogP contribution >= 0.6 is 0 Å². The van der Waals surface area contributed by atoms with Crippen LogP contribution in [0.1, 0.15) is 46.5 Å². The van der Waals surface area contributed by atoms with Gasteiger partial charge in [-0.15, -0.1) is 0 Å². The molecule has 0 heterocycles. The second-order valence-electron chi connectivity index (χ2n) is 4.31. The molecule has 1 unspecified atom stereocenters. The molecule has 0 aromatic carbocycles. The quantitative estimate of drug-likeness (QED) is 0.592. The number of hydrogen-bond acceptors (Lipinski definition) is 3. The Kier molecular flexibility index (Phi) is 7.15. The number of ether oxygens (including phenoxy) is 1. The second-order valence-corrected chi connectivity index (χ2v) is 4.31. The lowest BCUT2D eigenvalue weighted by molar-refractivity contribution is -0.0859. The molecule has 0 aromatic rings. The maximum Gasteiger partial charge on any atom is 0.105 e. The molecule has 3 nitrogen and oxygen atoms in total. The van der Waals surface area contributed by atoms with E-state index < -0.39 is 11.7 Å². The number of aliphatic hydroxyl groups excluding tert-OH is 1. The fourth-order valence-electron chi connectivity index (χ4n) is 1.03. The first-order chi connectivity index (χ1) is 6.48. The second kappa shape index (κ2) is 7.21. The van der Waals surface area contributed by atoms with Crippen LogP contribution in [-0.4, -0.2) is 35.1 Å². The van der Waals surface area contributed by atoms with Gasteiger partial charge in [0.15, 0.2) is 0 Å². The minimum atomic E-state index is -1.07. The van der Waals surface area contributed by atoms with Gasteiger partial charge in [-0.3, -0.25) is 0 Å². The zero-order valence-corrected chi connectivity index (χ0v) is 9.62. The monoisotopic (exact) mass is 204 g/mol. The van der Waals surface area contributed by atoms with Gasteiger partial charge in [0.1, 0.15) is 6.10 Å². The van der Waals surface area contributed by atoms with E-state index >= 15 is 0 Å². The van der Waals surface area contributed by atoms with Gasteiger partial charge in [0.2, 0.25) is 0 Å². The van der Waals surface area contributed by atoms with E-state index in [0.29, 0.717) is 6.61 Å². The molecule has 0 radical (unpaired) electrons. The van der Waals surface area contributed by atoms with E-state index in [1.807, 2.05) is 0 Å². The van der Waals surface area contributed by atoms with Crippen LogP contribution in [0, 0.1) is 0 Å². The molecule has 0 bridgehead atoms. The fraction of sp³-hybridized carbons (Fsp3) is 1.00. The molecule has 0 rings (SSSR count). The molecular formula is C11H24O3. The summed E-state index contributed by atoms with van der Waals surface area (Å²) in [5.74, 6) is 0. The maximum absolute atomic E-state index is 9.41. The summed E-state index contributed by atoms with van der Waals surface area (Å²) >= 11 is 0. The van der Waals surface area contributed by atoms with Crippen molar-refractivity contribution in [1.82, 2.24) is 0 Å². The van der Waals surface area contributed by atoms with E-state index in [9.17, 15) is 10.2 Å². The first-order valence-electron chi connectivity index (χ1n) is 5.46. The molecule has 0 amide bonds. The number of aliphatic hydroxyl groups is 2. The Balaban J connectivity index is 3.28. The zero-order chi connectivity index (χ0) is 11.0. The first-order valence-corrected chi connectivity index (χ1v) is 5.46. The summed E-state index contributed by atoms with van der Waals surface area (Å²) in [6, 6.07) is 0. The Morgan fingerprint density at radius 2 is 1.86 bits per heavy atom. The molecule has 0 spiro atoms. The van der Waals surface area contributed by atoms with Gasteiger partial charge in [-0.25, -0.2) is 0 Å². The molecule has 3 heteroatoms. The molecule has 0 fully saturated rings. The van der Waals surface area contributed by atoms with E-state index in [4.69, 9.17) is 4.74 Å². The lowest BCUT2D eigenvalue weighted by Gasteiger charge is -2.24. The molecule has 0 saturated carbocycles. The third kappa shape index (κ3) is 7.30. The molecular weight excluding hydrogens is 180 g/mol. The Labute approximate surface area is 87.1 Å². The smallest absolute Gasteiger partial charge is 0.105 e. The van der Waals surface area contributed by atoms with Crippen LogP contribution in [0.4, 0.5) is 0 Å². The van der Waals surface area contributed by atoms with Crippen LogP contribution in [-0.2, 0) is 4.74 Å². The minimum Gasteiger partial charge on any atom is -0.388 e. The van der Waals surface area contributed by atoms with Crippen LogP contribution in [0.25, 0.3) is 0 Å². The van der Waals surface area contributed by atoms with Gasteiger partial charge in [0.05, 0.1) is 12.2 Å². The molecule has 1 atom stereocenters. The third-order valence-corrected chi connectivity index (χ3v) is 2.23. The summed E-state index contributed by atoms with van der Waals surface area (Å²) in [4.78, 5) is 0. The van der Waals surface area contributed by atoms with Crippen molar-refractivity contribution < 1.29 is 14.9 Å². The predicted molar refractivity (Wildman–Crippen MR) is 57.3 cm³/mol. The van der Waals surface area contributed by atoms with Gasteiger partial charge >= 0.3 is 0 Å². The number of unbranched alkanes of at least 4 members (excludes halogenated alkanes) is 3. The molecule has 86 valence electrons. The highest BCUT2D eigenvalue weighted by molar-refractivity contribution is 4.75. The summed E-state index contributed by atoms with van der Waals surface area (Å²) in [5, 5.41) is 18.8. The van der Waals surface area contributed by atoms with Gasteiger partial charge in [-0.2, -0.15) is 0 Å². The van der Waals surface area contributed by atoms with Crippen LogP contribution < -0.4 is 0 Å². The lowest BCUT2D eigenvalue weighted by Crippen LogP contribution is -2.39. The highest BCUT2D eigenvalue weighted by atomic mass is 16.5. The number of hydrogen-bond donors (Lipinski definition) is 2. The van der Waals surface area contributed by atoms with Crippen molar-refractivity contribution in [2.75, 3.05) is 13.2 Å². The minimum absolute atomic E-state index is 0.218. The maximum atomic E-state index is 9.41. The van der Waals surface area contributed by atoms with Crippen molar-refractivity contribution in [3.05, 3.63) is 0 Å². The average Bonchev–Trinajstić information content (AvgIpc) is 2.09. The summed E-state index contributed by atoms with van der Waals surface area (Å²) in [5.41, 5.74) is -1.07. The Bertz CT molecular complexity index is 129. The lowest BCUT2D eigenvalue weighted by atomic mass is 10.0. The van der Waals surface area contributed by atoms with Crippen molar-refractivity contribution in [1.29, 1.82) is 0 Å². The van der Waals surface area contributed by atoms with Crippen LogP contribution in [0.2, 0.25) is 0 Å². The van der Waals surface area contributed by atoms with Crippen molar-refractivity contribution in [2.45, 2.75) is 58.2 Å². The van der Waals surface area contributed by atoms with Gasteiger partial charge in [0, 0.05) is 6.61 Å². The highest BCUT2D eigenvalue weighted by Crippen LogP contribution is 2.08. The Morgan fingerprint density at radius 1 is 1.21 bits per heavy atom. The van der Waals surface area contributed by atoms with E-state index in [0.717, 1.165) is 6.42 Å². The van der Waals surface area contributed by atoms with Crippen LogP contribution in [0.5, 0.6) is 0 Å². The van der Waals surface area contributed by atoms with Gasteiger partial charge < -0.3 is 14.9 Å². The van der Waals surface area contributed by atoms with E-state index in [1.165, 1.54) is 19.3 Å². The first kappa shape index (κ1) is 13.9. The zero-order valence-electron chi connectivity index (χ0n) is 9.62. The summed E-state index contributed by atoms with van der Waals surface area (Å²) in [6.07, 6.45) is 3.86. The molecule has 0 aromatic heterocycles. The van der Waals surface area contributed by atoms with Crippen LogP contribution in [0.3, 0.4) is 0 Å². The van der Waals surface area contributed by atoms with Crippen molar-refractivity contribution in [3.63, 3.8) is 0 Å². The van der Waals surface area contributed by atoms with E-state index in [2.05, 4.69) is 6.92 Å². The molecule has 0 aliphatic carbocycles. The normalized spacial score (nSPS) is 14.4. The largest absolute Gasteiger partial charge is 0.388 e. The Morgan fingerprint density at radius 3 is 2.36 bits per heavy atom. The third-order valence-electron chi connectivity index (χ3n) is 2.23. The van der Waals surface area contributed by atoms with E-state index in [-0.39, 0.29) is 6.61 Å². The van der Waals surface area contributed by atoms with Gasteiger partial charge in [-0.1, -0.05) is 26.2 Å². The molecule has 0 saturated heterocycles. The van der Waals surface area contributed by atoms with Crippen molar-refractivity contribution >= 4 is 0 Å². The average molecular weight is 204 g/mol. The van der Waals surface area contributed by atoms with Gasteiger partial charge in [-0.05, 0) is 20.3 Å². The molecule has 2 N–H and O–H groups in total. The fourth-order valence-corrected chi connectivity index (χ4v) is 1.03. The SMILES string of the molecule is CCCCCCOCC(O)C(C)(C)O. The molecule has 14 heavy (non-hydrogen) atoms. The molecule has 0 aliphatic heterocycles. The topological polar surface area (TPSA) is 49.7 Å². The van der Waals surface area contributed by atoms with Crippen molar-refractivity contribution in [2.24, 2.45) is 0 Å². The van der Waals surface area contributed by atoms with Crippen LogP contribution in [0.15, 0.2) is 0 Å². The molecule has 0 aliphatic rings. The number of rotatable bonds is 8. The van der Waals surface area contributed by atoms with Gasteiger partial charge in [0.25, 0.3) is 0 Å². The Hall–Kier alpha value is -0.120. The summed E-state index contributed by atoms with van der Waals surface area (Å²) < 4.78 is 5.26. The predicted octanol–water partition coefficient (Wildman–Crippen LogP) is 1.72.